The van der Waals surface area contributed by atoms with Gasteiger partial charge in [-0.3, -0.25) is 4.79 Å². The minimum atomic E-state index is -3.16. The van der Waals surface area contributed by atoms with E-state index in [1.54, 1.807) is 39.1 Å². The summed E-state index contributed by atoms with van der Waals surface area (Å²) in [6, 6.07) is 17.3. The molecular formula is C28H26FN3O3S2. The van der Waals surface area contributed by atoms with Crippen LogP contribution in [-0.4, -0.2) is 46.6 Å². The Bertz CT molecular complexity index is 1540. The molecule has 9 heteroatoms. The molecular weight excluding hydrogens is 509 g/mol. The van der Waals surface area contributed by atoms with Crippen molar-refractivity contribution in [2.45, 2.75) is 25.9 Å². The molecule has 1 unspecified atom stereocenters. The number of para-hydroxylation sites is 1. The Morgan fingerprint density at radius 2 is 1.92 bits per heavy atom. The molecule has 190 valence electrons. The van der Waals surface area contributed by atoms with Crippen LogP contribution in [0.5, 0.6) is 0 Å². The summed E-state index contributed by atoms with van der Waals surface area (Å²) >= 11 is 1.56. The predicted octanol–water partition coefficient (Wildman–Crippen LogP) is 5.28. The molecule has 5 rings (SSSR count). The zero-order chi connectivity index (χ0) is 26.0. The highest BCUT2D eigenvalue weighted by molar-refractivity contribution is 7.91. The van der Waals surface area contributed by atoms with Gasteiger partial charge in [0.25, 0.3) is 0 Å². The van der Waals surface area contributed by atoms with Crippen molar-refractivity contribution in [2.24, 2.45) is 0 Å². The molecule has 1 aliphatic rings. The van der Waals surface area contributed by atoms with E-state index in [-0.39, 0.29) is 29.3 Å². The molecule has 0 spiro atoms. The van der Waals surface area contributed by atoms with Crippen LogP contribution in [0.1, 0.15) is 22.4 Å². The second-order valence-corrected chi connectivity index (χ2v) is 12.3. The molecule has 6 nitrogen and oxygen atoms in total. The van der Waals surface area contributed by atoms with Crippen molar-refractivity contribution in [3.63, 3.8) is 0 Å². The highest BCUT2D eigenvalue weighted by atomic mass is 32.2. The molecule has 1 amide bonds. The van der Waals surface area contributed by atoms with Gasteiger partial charge >= 0.3 is 0 Å². The molecule has 37 heavy (non-hydrogen) atoms. The molecule has 1 saturated heterocycles. The van der Waals surface area contributed by atoms with E-state index >= 15 is 0 Å². The van der Waals surface area contributed by atoms with Gasteiger partial charge < -0.3 is 4.90 Å². The number of nitrogens with zero attached hydrogens (tertiary/aromatic N) is 3. The molecule has 1 atom stereocenters. The zero-order valence-electron chi connectivity index (χ0n) is 20.2. The van der Waals surface area contributed by atoms with E-state index < -0.39 is 9.84 Å². The summed E-state index contributed by atoms with van der Waals surface area (Å²) in [4.78, 5) is 16.2. The second kappa shape index (κ2) is 10.4. The van der Waals surface area contributed by atoms with E-state index in [9.17, 15) is 17.6 Å². The van der Waals surface area contributed by atoms with Crippen LogP contribution in [0.2, 0.25) is 0 Å². The summed E-state index contributed by atoms with van der Waals surface area (Å²) in [7, 11) is -3.16. The lowest BCUT2D eigenvalue weighted by Gasteiger charge is -2.27. The average Bonchev–Trinajstić information content (AvgIpc) is 3.60. The lowest BCUT2D eigenvalue weighted by Crippen LogP contribution is -2.39. The van der Waals surface area contributed by atoms with Gasteiger partial charge in [-0.2, -0.15) is 5.10 Å². The van der Waals surface area contributed by atoms with E-state index in [4.69, 9.17) is 5.10 Å². The van der Waals surface area contributed by atoms with Crippen LogP contribution >= 0.6 is 11.3 Å². The molecule has 3 heterocycles. The Morgan fingerprint density at radius 3 is 2.57 bits per heavy atom. The lowest BCUT2D eigenvalue weighted by atomic mass is 10.1. The van der Waals surface area contributed by atoms with Crippen LogP contribution in [0.25, 0.3) is 23.0 Å². The summed E-state index contributed by atoms with van der Waals surface area (Å²) in [5.74, 6) is -0.534. The highest BCUT2D eigenvalue weighted by Crippen LogP contribution is 2.27. The number of benzene rings is 2. The molecule has 0 aliphatic carbocycles. The molecule has 0 radical (unpaired) electrons. The van der Waals surface area contributed by atoms with E-state index in [0.717, 1.165) is 21.7 Å². The molecule has 0 bridgehead atoms. The summed E-state index contributed by atoms with van der Waals surface area (Å²) in [6.45, 7) is 2.35. The number of rotatable bonds is 7. The Labute approximate surface area is 219 Å². The Kier molecular flexibility index (Phi) is 7.08. The van der Waals surface area contributed by atoms with Crippen molar-refractivity contribution in [3.8, 4) is 16.9 Å². The van der Waals surface area contributed by atoms with E-state index in [1.807, 2.05) is 54.9 Å². The van der Waals surface area contributed by atoms with Crippen molar-refractivity contribution >= 4 is 33.2 Å². The van der Waals surface area contributed by atoms with Gasteiger partial charge in [0.2, 0.25) is 5.91 Å². The van der Waals surface area contributed by atoms with Crippen molar-refractivity contribution in [1.82, 2.24) is 14.7 Å². The Balaban J connectivity index is 1.48. The number of aryl methyl sites for hydroxylation is 1. The minimum Gasteiger partial charge on any atom is -0.330 e. The predicted molar refractivity (Wildman–Crippen MR) is 145 cm³/mol. The van der Waals surface area contributed by atoms with Gasteiger partial charge in [0.05, 0.1) is 29.4 Å². The van der Waals surface area contributed by atoms with Crippen LogP contribution in [0.4, 0.5) is 4.39 Å². The SMILES string of the molecule is Cc1ccsc1CN(C(=O)/C=C/c1cn(-c2ccccc2)nc1-c1ccc(F)cc1)C1CCS(=O)(=O)C1. The molecule has 1 fully saturated rings. The average molecular weight is 536 g/mol. The molecule has 0 saturated carbocycles. The number of thiophene rings is 1. The molecule has 2 aromatic carbocycles. The third-order valence-electron chi connectivity index (χ3n) is 6.50. The molecule has 0 N–H and O–H groups in total. The summed E-state index contributed by atoms with van der Waals surface area (Å²) in [6.07, 6.45) is 5.43. The van der Waals surface area contributed by atoms with Gasteiger partial charge in [-0.15, -0.1) is 11.3 Å². The van der Waals surface area contributed by atoms with E-state index in [1.165, 1.54) is 18.2 Å². The van der Waals surface area contributed by atoms with Gasteiger partial charge in [0, 0.05) is 34.3 Å². The monoisotopic (exact) mass is 535 g/mol. The Hall–Kier alpha value is -3.56. The molecule has 4 aromatic rings. The summed E-state index contributed by atoms with van der Waals surface area (Å²) < 4.78 is 39.7. The van der Waals surface area contributed by atoms with Crippen molar-refractivity contribution in [2.75, 3.05) is 11.5 Å². The van der Waals surface area contributed by atoms with Crippen molar-refractivity contribution < 1.29 is 17.6 Å². The fourth-order valence-electron chi connectivity index (χ4n) is 4.44. The smallest absolute Gasteiger partial charge is 0.247 e. The van der Waals surface area contributed by atoms with Crippen LogP contribution < -0.4 is 0 Å². The summed E-state index contributed by atoms with van der Waals surface area (Å²) in [5, 5.41) is 6.69. The van der Waals surface area contributed by atoms with Gasteiger partial charge in [-0.25, -0.2) is 17.5 Å². The maximum atomic E-state index is 13.6. The Morgan fingerprint density at radius 1 is 1.16 bits per heavy atom. The number of halogens is 1. The van der Waals surface area contributed by atoms with E-state index in [2.05, 4.69) is 0 Å². The van der Waals surface area contributed by atoms with Crippen LogP contribution in [0.15, 0.2) is 78.3 Å². The summed E-state index contributed by atoms with van der Waals surface area (Å²) in [5.41, 5.74) is 3.95. The molecule has 1 aliphatic heterocycles. The number of hydrogen-bond acceptors (Lipinski definition) is 5. The van der Waals surface area contributed by atoms with Gasteiger partial charge in [-0.1, -0.05) is 18.2 Å². The van der Waals surface area contributed by atoms with Crippen LogP contribution in [0, 0.1) is 12.7 Å². The first kappa shape index (κ1) is 25.1. The van der Waals surface area contributed by atoms with Crippen LogP contribution in [-0.2, 0) is 21.2 Å². The lowest BCUT2D eigenvalue weighted by molar-refractivity contribution is -0.128. The van der Waals surface area contributed by atoms with Crippen LogP contribution in [0.3, 0.4) is 0 Å². The first-order chi connectivity index (χ1) is 17.8. The fraction of sp³-hybridized carbons (Fsp3) is 0.214. The first-order valence-corrected chi connectivity index (χ1v) is 14.6. The normalized spacial score (nSPS) is 16.9. The minimum absolute atomic E-state index is 0.0240. The third-order valence-corrected chi connectivity index (χ3v) is 9.26. The van der Waals surface area contributed by atoms with Gasteiger partial charge in [0.1, 0.15) is 5.82 Å². The largest absolute Gasteiger partial charge is 0.330 e. The number of carbonyl (C=O) groups is 1. The standard InChI is InChI=1S/C28H26FN3O3S2/c1-20-13-15-36-26(20)18-31(25-14-16-37(34,35)19-25)27(33)12-9-22-17-32(24-5-3-2-4-6-24)30-28(22)21-7-10-23(29)11-8-21/h2-13,15,17,25H,14,16,18-19H2,1H3/b12-9+. The number of hydrogen-bond donors (Lipinski definition) is 0. The fourth-order valence-corrected chi connectivity index (χ4v) is 7.07. The third kappa shape index (κ3) is 5.73. The number of amides is 1. The zero-order valence-corrected chi connectivity index (χ0v) is 21.9. The maximum Gasteiger partial charge on any atom is 0.247 e. The van der Waals surface area contributed by atoms with Crippen molar-refractivity contribution in [1.29, 1.82) is 0 Å². The highest BCUT2D eigenvalue weighted by Gasteiger charge is 2.34. The topological polar surface area (TPSA) is 72.3 Å². The number of carbonyl (C=O) groups excluding carboxylic acids is 1. The van der Waals surface area contributed by atoms with Gasteiger partial charge in [-0.05, 0) is 72.8 Å². The second-order valence-electron chi connectivity index (χ2n) is 9.10. The molecule has 2 aromatic heterocycles. The number of aromatic nitrogens is 2. The van der Waals surface area contributed by atoms with Gasteiger partial charge in [0.15, 0.2) is 9.84 Å². The van der Waals surface area contributed by atoms with Crippen molar-refractivity contribution in [3.05, 3.63) is 100 Å². The maximum absolute atomic E-state index is 13.6. The number of sulfone groups is 1. The van der Waals surface area contributed by atoms with E-state index in [0.29, 0.717) is 24.2 Å². The first-order valence-electron chi connectivity index (χ1n) is 11.9. The quantitative estimate of drug-likeness (QED) is 0.302.